The van der Waals surface area contributed by atoms with Gasteiger partial charge in [0.1, 0.15) is 42.7 Å². The number of ether oxygens (including phenoxy) is 12. The number of alkyl halides is 17. The molecule has 6 aromatic rings. The highest BCUT2D eigenvalue weighted by Gasteiger charge is 2.95. The Balaban J connectivity index is 1.09. The Hall–Kier alpha value is -7.10. The summed E-state index contributed by atoms with van der Waals surface area (Å²) in [4.78, 5) is 13.5. The minimum absolute atomic E-state index is 0.0117. The van der Waals surface area contributed by atoms with Crippen molar-refractivity contribution in [1.29, 1.82) is 0 Å². The van der Waals surface area contributed by atoms with Crippen LogP contribution in [-0.4, -0.2) is 148 Å². The van der Waals surface area contributed by atoms with E-state index >= 15 is 0 Å². The standard InChI is InChI=1S/C71H71F17O13/c1-47(89)98-61-59(97-44-53-33-18-7-19-34-53)57(95-42-51-29-14-5-15-30-51)55(46-92-40-49-25-10-3-11-26-49)100-63(61)101-60-58(96-43-52-31-16-6-17-32-52)56(94-41-50-27-12-4-13-28-50)54(45-91-39-48-23-8-2-9-24-48)99-62(60)93-38-21-20-36-90-37-22-35-64(72,73)65(74,75)66(76,77)67(78,79)68(80,81)69(82,83)70(84,85)71(86,87)88/h2-21,23-34,54-63H,22,35-46H2,1H3/b21-20-/t54-,55-,56-,57-,58+,59+,60+,61+,62+,63-/m1/s1. The maximum Gasteiger partial charge on any atom is 0.460 e. The van der Waals surface area contributed by atoms with Crippen LogP contribution in [0, 0.1) is 0 Å². The zero-order valence-corrected chi connectivity index (χ0v) is 53.7. The Morgan fingerprint density at radius 3 is 1.07 bits per heavy atom. The molecule has 0 aromatic heterocycles. The van der Waals surface area contributed by atoms with E-state index in [1.165, 1.54) is 6.08 Å². The van der Waals surface area contributed by atoms with Gasteiger partial charge in [-0.2, -0.15) is 74.6 Å². The van der Waals surface area contributed by atoms with Crippen LogP contribution in [0.4, 0.5) is 74.6 Å². The summed E-state index contributed by atoms with van der Waals surface area (Å²) in [5, 5.41) is 0. The van der Waals surface area contributed by atoms with Crippen molar-refractivity contribution in [2.24, 2.45) is 0 Å². The third-order valence-electron chi connectivity index (χ3n) is 16.0. The third kappa shape index (κ3) is 19.8. The highest BCUT2D eigenvalue weighted by Crippen LogP contribution is 2.64. The average molecular weight is 1460 g/mol. The monoisotopic (exact) mass is 1450 g/mol. The van der Waals surface area contributed by atoms with Crippen LogP contribution in [0.25, 0.3) is 0 Å². The van der Waals surface area contributed by atoms with Gasteiger partial charge in [-0.25, -0.2) is 0 Å². The van der Waals surface area contributed by atoms with Crippen LogP contribution in [0.15, 0.2) is 194 Å². The molecule has 0 N–H and O–H groups in total. The van der Waals surface area contributed by atoms with Gasteiger partial charge >= 0.3 is 53.6 Å². The number of hydrogen-bond donors (Lipinski definition) is 0. The van der Waals surface area contributed by atoms with Crippen molar-refractivity contribution >= 4 is 5.97 Å². The maximum absolute atomic E-state index is 14.8. The minimum atomic E-state index is -8.74. The van der Waals surface area contributed by atoms with Crippen LogP contribution in [0.5, 0.6) is 0 Å². The molecule has 2 saturated heterocycles. The van der Waals surface area contributed by atoms with Gasteiger partial charge in [-0.3, -0.25) is 4.79 Å². The summed E-state index contributed by atoms with van der Waals surface area (Å²) in [6, 6.07) is 54.5. The summed E-state index contributed by atoms with van der Waals surface area (Å²) in [6.45, 7) is -1.52. The molecule has 6 aromatic carbocycles. The molecule has 0 spiro atoms. The van der Waals surface area contributed by atoms with Crippen LogP contribution >= 0.6 is 0 Å². The van der Waals surface area contributed by atoms with Gasteiger partial charge in [-0.05, 0) is 39.8 Å². The van der Waals surface area contributed by atoms with Gasteiger partial charge < -0.3 is 56.8 Å². The molecule has 0 saturated carbocycles. The molecule has 0 unspecified atom stereocenters. The number of hydrogen-bond acceptors (Lipinski definition) is 13. The second kappa shape index (κ2) is 35.4. The Morgan fingerprint density at radius 1 is 0.366 bits per heavy atom. The van der Waals surface area contributed by atoms with Crippen molar-refractivity contribution in [1.82, 2.24) is 0 Å². The van der Waals surface area contributed by atoms with Gasteiger partial charge in [0.05, 0.1) is 66.1 Å². The van der Waals surface area contributed by atoms with E-state index < -0.39 is 148 Å². The predicted octanol–water partition coefficient (Wildman–Crippen LogP) is 15.9. The Labute approximate surface area is 569 Å². The molecular weight excluding hydrogens is 1380 g/mol. The van der Waals surface area contributed by atoms with E-state index in [2.05, 4.69) is 0 Å². The number of rotatable bonds is 38. The lowest BCUT2D eigenvalue weighted by Gasteiger charge is -2.50. The highest BCUT2D eigenvalue weighted by molar-refractivity contribution is 5.66. The molecule has 101 heavy (non-hydrogen) atoms. The van der Waals surface area contributed by atoms with Crippen molar-refractivity contribution in [3.63, 3.8) is 0 Å². The number of halogens is 17. The number of benzene rings is 6. The van der Waals surface area contributed by atoms with Crippen LogP contribution in [0.1, 0.15) is 53.1 Å². The van der Waals surface area contributed by atoms with E-state index in [0.717, 1.165) is 35.3 Å². The molecule has 2 heterocycles. The molecule has 13 nitrogen and oxygen atoms in total. The lowest BCUT2D eigenvalue weighted by molar-refractivity contribution is -0.461. The van der Waals surface area contributed by atoms with Crippen molar-refractivity contribution in [2.75, 3.05) is 33.0 Å². The van der Waals surface area contributed by atoms with E-state index in [4.69, 9.17) is 56.8 Å². The van der Waals surface area contributed by atoms with E-state index in [-0.39, 0.29) is 52.9 Å². The fourth-order valence-corrected chi connectivity index (χ4v) is 10.7. The van der Waals surface area contributed by atoms with Gasteiger partial charge in [-0.15, -0.1) is 0 Å². The normalized spacial score (nSPS) is 22.2. The zero-order valence-electron chi connectivity index (χ0n) is 53.7. The fourth-order valence-electron chi connectivity index (χ4n) is 10.7. The topological polar surface area (TPSA) is 128 Å². The molecule has 0 amide bonds. The average Bonchev–Trinajstić information content (AvgIpc) is 0.696. The van der Waals surface area contributed by atoms with Gasteiger partial charge in [0, 0.05) is 20.0 Å². The first kappa shape index (κ1) is 79.6. The number of esters is 1. The Kier molecular flexibility index (Phi) is 27.9. The predicted molar refractivity (Wildman–Crippen MR) is 326 cm³/mol. The molecule has 8 rings (SSSR count). The van der Waals surface area contributed by atoms with Crippen molar-refractivity contribution in [3.05, 3.63) is 228 Å². The maximum atomic E-state index is 14.8. The molecule has 0 bridgehead atoms. The molecule has 0 aliphatic carbocycles. The summed E-state index contributed by atoms with van der Waals surface area (Å²) >= 11 is 0. The molecular formula is C71H71F17O13. The molecule has 2 fully saturated rings. The Bertz CT molecular complexity index is 3450. The second-order valence-corrected chi connectivity index (χ2v) is 23.4. The second-order valence-electron chi connectivity index (χ2n) is 23.4. The summed E-state index contributed by atoms with van der Waals surface area (Å²) in [6.07, 6.45) is -22.7. The van der Waals surface area contributed by atoms with E-state index in [1.807, 2.05) is 109 Å². The number of carbonyl (C=O) groups excluding carboxylic acids is 1. The molecule has 0 radical (unpaired) electrons. The summed E-state index contributed by atoms with van der Waals surface area (Å²) in [7, 11) is 0. The highest BCUT2D eigenvalue weighted by atomic mass is 19.4. The third-order valence-corrected chi connectivity index (χ3v) is 16.0. The summed E-state index contributed by atoms with van der Waals surface area (Å²) in [5.41, 5.74) is 4.46. The first-order valence-electron chi connectivity index (χ1n) is 31.4. The fraction of sp³-hybridized carbons (Fsp3) is 0.451. The molecule has 10 atom stereocenters. The van der Waals surface area contributed by atoms with Crippen molar-refractivity contribution in [3.8, 4) is 0 Å². The van der Waals surface area contributed by atoms with Crippen LogP contribution < -0.4 is 0 Å². The zero-order chi connectivity index (χ0) is 73.1. The summed E-state index contributed by atoms with van der Waals surface area (Å²) < 4.78 is 315. The first-order chi connectivity index (χ1) is 47.9. The smallest absolute Gasteiger partial charge is 0.454 e. The van der Waals surface area contributed by atoms with E-state index in [0.29, 0.717) is 11.1 Å². The lowest BCUT2D eigenvalue weighted by atomic mass is 9.88. The van der Waals surface area contributed by atoms with Crippen LogP contribution in [0.2, 0.25) is 0 Å². The van der Waals surface area contributed by atoms with Crippen molar-refractivity contribution < 1.29 is 136 Å². The first-order valence-corrected chi connectivity index (χ1v) is 31.4. The quantitative estimate of drug-likeness (QED) is 0.0158. The molecule has 552 valence electrons. The largest absolute Gasteiger partial charge is 0.460 e. The SMILES string of the molecule is CC(=O)O[C@@H]1[C@@H](O[C@@H]2[C@@H](OC/C=C\COCCCC(F)(F)C(F)(F)C(F)(F)C(F)(F)C(F)(F)C(F)(F)C(F)(F)C(F)(F)F)O[C@H](COCc3ccccc3)[C@@H](OCc3ccccc3)[C@@H]2OCc2ccccc2)O[C@H](COCc2ccccc2)[C@@H](OCc2ccccc2)[C@@H]1OCc1ccccc1. The van der Waals surface area contributed by atoms with Gasteiger partial charge in [-0.1, -0.05) is 194 Å². The van der Waals surface area contributed by atoms with E-state index in [1.54, 1.807) is 72.8 Å². The van der Waals surface area contributed by atoms with Gasteiger partial charge in [0.2, 0.25) is 0 Å². The summed E-state index contributed by atoms with van der Waals surface area (Å²) in [5.74, 6) is -57.9. The Morgan fingerprint density at radius 2 is 0.693 bits per heavy atom. The minimum Gasteiger partial charge on any atom is -0.454 e. The molecule has 30 heteroatoms. The van der Waals surface area contributed by atoms with Gasteiger partial charge in [0.15, 0.2) is 18.7 Å². The van der Waals surface area contributed by atoms with Crippen molar-refractivity contribution in [2.45, 2.75) is 168 Å². The van der Waals surface area contributed by atoms with Gasteiger partial charge in [0.25, 0.3) is 0 Å². The van der Waals surface area contributed by atoms with E-state index in [9.17, 15) is 79.4 Å². The lowest BCUT2D eigenvalue weighted by Crippen LogP contribution is -2.74. The molecule has 2 aliphatic rings. The van der Waals surface area contributed by atoms with Crippen LogP contribution in [-0.2, 0) is 101 Å². The van der Waals surface area contributed by atoms with Crippen LogP contribution in [0.3, 0.4) is 0 Å². The number of carbonyl (C=O) groups is 1. The molecule has 2 aliphatic heterocycles.